The van der Waals surface area contributed by atoms with E-state index in [0.717, 1.165) is 25.6 Å². The maximum atomic E-state index is 13.8. The Balaban J connectivity index is 1.99. The Labute approximate surface area is 113 Å². The molecule has 0 saturated heterocycles. The van der Waals surface area contributed by atoms with E-state index in [-0.39, 0.29) is 6.04 Å². The summed E-state index contributed by atoms with van der Waals surface area (Å²) >= 11 is 0. The minimum Gasteiger partial charge on any atom is -0.379 e. The smallest absolute Gasteiger partial charge is 0.163 e. The van der Waals surface area contributed by atoms with E-state index in [0.29, 0.717) is 18.1 Å². The van der Waals surface area contributed by atoms with Crippen molar-refractivity contribution in [2.24, 2.45) is 5.92 Å². The summed E-state index contributed by atoms with van der Waals surface area (Å²) in [6.45, 7) is 3.91. The quantitative estimate of drug-likeness (QED) is 0.780. The summed E-state index contributed by atoms with van der Waals surface area (Å²) in [6.07, 6.45) is 3.39. The first-order valence-electron chi connectivity index (χ1n) is 6.97. The molecule has 1 aliphatic carbocycles. The van der Waals surface area contributed by atoms with E-state index in [1.165, 1.54) is 18.9 Å². The third kappa shape index (κ3) is 4.25. The van der Waals surface area contributed by atoms with Gasteiger partial charge in [-0.3, -0.25) is 0 Å². The van der Waals surface area contributed by atoms with Gasteiger partial charge in [-0.2, -0.15) is 0 Å². The molecular weight excluding hydrogens is 248 g/mol. The Morgan fingerprint density at radius 1 is 1.37 bits per heavy atom. The third-order valence-corrected chi connectivity index (χ3v) is 3.33. The second-order valence-electron chi connectivity index (χ2n) is 5.13. The Kier molecular flexibility index (Phi) is 5.28. The molecule has 2 nitrogen and oxygen atoms in total. The lowest BCUT2D eigenvalue weighted by molar-refractivity contribution is 0.101. The molecule has 1 saturated carbocycles. The molecule has 1 aromatic carbocycles. The van der Waals surface area contributed by atoms with E-state index in [4.69, 9.17) is 4.74 Å². The average Bonchev–Trinajstić information content (AvgIpc) is 3.21. The fourth-order valence-electron chi connectivity index (χ4n) is 2.00. The van der Waals surface area contributed by atoms with Crippen LogP contribution < -0.4 is 5.32 Å². The lowest BCUT2D eigenvalue weighted by Crippen LogP contribution is -2.27. The van der Waals surface area contributed by atoms with Gasteiger partial charge in [0.1, 0.15) is 0 Å². The van der Waals surface area contributed by atoms with Gasteiger partial charge in [0.05, 0.1) is 12.6 Å². The first-order valence-corrected chi connectivity index (χ1v) is 6.97. The van der Waals surface area contributed by atoms with Gasteiger partial charge in [0.25, 0.3) is 0 Å². The van der Waals surface area contributed by atoms with E-state index in [9.17, 15) is 8.78 Å². The highest BCUT2D eigenvalue weighted by atomic mass is 19.2. The van der Waals surface area contributed by atoms with Crippen molar-refractivity contribution in [2.45, 2.75) is 32.2 Å². The number of ether oxygens (including phenoxy) is 1. The second-order valence-corrected chi connectivity index (χ2v) is 5.13. The molecule has 106 valence electrons. The summed E-state index contributed by atoms with van der Waals surface area (Å²) < 4.78 is 32.7. The zero-order chi connectivity index (χ0) is 13.7. The topological polar surface area (TPSA) is 21.3 Å². The van der Waals surface area contributed by atoms with Crippen LogP contribution >= 0.6 is 0 Å². The highest BCUT2D eigenvalue weighted by Crippen LogP contribution is 2.29. The number of hydrogen-bond acceptors (Lipinski definition) is 2. The molecule has 0 amide bonds. The molecule has 1 unspecified atom stereocenters. The van der Waals surface area contributed by atoms with Crippen LogP contribution in [0.25, 0.3) is 0 Å². The summed E-state index contributed by atoms with van der Waals surface area (Å²) in [5, 5.41) is 3.22. The van der Waals surface area contributed by atoms with Gasteiger partial charge in [-0.25, -0.2) is 8.78 Å². The minimum atomic E-state index is -0.803. The van der Waals surface area contributed by atoms with Crippen LogP contribution in [-0.2, 0) is 4.74 Å². The van der Waals surface area contributed by atoms with Crippen molar-refractivity contribution < 1.29 is 13.5 Å². The Morgan fingerprint density at radius 2 is 2.16 bits per heavy atom. The molecule has 0 radical (unpaired) electrons. The number of nitrogens with one attached hydrogen (secondary N) is 1. The summed E-state index contributed by atoms with van der Waals surface area (Å²) in [4.78, 5) is 0. The second kappa shape index (κ2) is 6.96. The van der Waals surface area contributed by atoms with Crippen LogP contribution in [0.2, 0.25) is 0 Å². The summed E-state index contributed by atoms with van der Waals surface area (Å²) in [7, 11) is 0. The van der Waals surface area contributed by atoms with Crippen molar-refractivity contribution in [1.29, 1.82) is 0 Å². The van der Waals surface area contributed by atoms with Gasteiger partial charge in [0.2, 0.25) is 0 Å². The zero-order valence-electron chi connectivity index (χ0n) is 11.3. The van der Waals surface area contributed by atoms with Crippen molar-refractivity contribution in [2.75, 3.05) is 19.8 Å². The van der Waals surface area contributed by atoms with Crippen LogP contribution in [0, 0.1) is 17.6 Å². The number of rotatable bonds is 8. The number of halogens is 2. The Morgan fingerprint density at radius 3 is 2.84 bits per heavy atom. The van der Waals surface area contributed by atoms with Gasteiger partial charge < -0.3 is 10.1 Å². The van der Waals surface area contributed by atoms with Gasteiger partial charge in [0.15, 0.2) is 11.6 Å². The molecule has 0 aliphatic heterocycles. The largest absolute Gasteiger partial charge is 0.379 e. The number of hydrogen-bond donors (Lipinski definition) is 1. The predicted octanol–water partition coefficient (Wildman–Crippen LogP) is 3.43. The molecule has 19 heavy (non-hydrogen) atoms. The van der Waals surface area contributed by atoms with E-state index in [2.05, 4.69) is 5.32 Å². The predicted molar refractivity (Wildman–Crippen MR) is 70.9 cm³/mol. The van der Waals surface area contributed by atoms with Crippen molar-refractivity contribution in [3.63, 3.8) is 0 Å². The van der Waals surface area contributed by atoms with Gasteiger partial charge in [-0.15, -0.1) is 0 Å². The van der Waals surface area contributed by atoms with Crippen LogP contribution in [0.4, 0.5) is 8.78 Å². The molecule has 1 aromatic rings. The molecule has 0 bridgehead atoms. The van der Waals surface area contributed by atoms with Gasteiger partial charge >= 0.3 is 0 Å². The fraction of sp³-hybridized carbons (Fsp3) is 0.600. The molecule has 1 aliphatic rings. The third-order valence-electron chi connectivity index (χ3n) is 3.33. The lowest BCUT2D eigenvalue weighted by atomic mass is 10.1. The molecule has 4 heteroatoms. The van der Waals surface area contributed by atoms with Crippen LogP contribution in [0.1, 0.15) is 37.8 Å². The zero-order valence-corrected chi connectivity index (χ0v) is 11.3. The molecular formula is C15H21F2NO. The number of benzene rings is 1. The van der Waals surface area contributed by atoms with E-state index in [1.807, 2.05) is 6.92 Å². The molecule has 0 heterocycles. The molecule has 1 atom stereocenters. The molecule has 2 rings (SSSR count). The maximum Gasteiger partial charge on any atom is 0.163 e. The lowest BCUT2D eigenvalue weighted by Gasteiger charge is -2.20. The van der Waals surface area contributed by atoms with Crippen molar-refractivity contribution in [1.82, 2.24) is 5.32 Å². The molecule has 1 fully saturated rings. The highest BCUT2D eigenvalue weighted by Gasteiger charge is 2.23. The van der Waals surface area contributed by atoms with Crippen molar-refractivity contribution in [3.8, 4) is 0 Å². The van der Waals surface area contributed by atoms with Gasteiger partial charge in [-0.1, -0.05) is 19.1 Å². The fourth-order valence-corrected chi connectivity index (χ4v) is 2.00. The van der Waals surface area contributed by atoms with Crippen LogP contribution in [0.3, 0.4) is 0 Å². The first-order chi connectivity index (χ1) is 9.22. The molecule has 0 spiro atoms. The van der Waals surface area contributed by atoms with Crippen LogP contribution in [-0.4, -0.2) is 19.8 Å². The SMILES string of the molecule is CCCNC(COCC1CC1)c1cccc(F)c1F. The standard InChI is InChI=1S/C15H21F2NO/c1-2-8-18-14(10-19-9-11-6-7-11)12-4-3-5-13(16)15(12)17/h3-5,11,14,18H,2,6-10H2,1H3. The highest BCUT2D eigenvalue weighted by molar-refractivity contribution is 5.22. The van der Waals surface area contributed by atoms with E-state index >= 15 is 0 Å². The molecule has 1 N–H and O–H groups in total. The van der Waals surface area contributed by atoms with Crippen molar-refractivity contribution >= 4 is 0 Å². The van der Waals surface area contributed by atoms with Gasteiger partial charge in [0, 0.05) is 12.2 Å². The van der Waals surface area contributed by atoms with Crippen molar-refractivity contribution in [3.05, 3.63) is 35.4 Å². The Bertz CT molecular complexity index is 407. The summed E-state index contributed by atoms with van der Waals surface area (Å²) in [5.74, 6) is -0.904. The Hall–Kier alpha value is -1.00. The van der Waals surface area contributed by atoms with Crippen LogP contribution in [0.15, 0.2) is 18.2 Å². The van der Waals surface area contributed by atoms with E-state index in [1.54, 1.807) is 6.07 Å². The minimum absolute atomic E-state index is 0.283. The maximum absolute atomic E-state index is 13.8. The van der Waals surface area contributed by atoms with Gasteiger partial charge in [-0.05, 0) is 37.8 Å². The van der Waals surface area contributed by atoms with Crippen LogP contribution in [0.5, 0.6) is 0 Å². The summed E-state index contributed by atoms with van der Waals surface area (Å²) in [5.41, 5.74) is 0.351. The first kappa shape index (κ1) is 14.4. The molecule has 0 aromatic heterocycles. The summed E-state index contributed by atoms with van der Waals surface area (Å²) in [6, 6.07) is 4.01. The normalized spacial score (nSPS) is 16.6. The monoisotopic (exact) mass is 269 g/mol. The average molecular weight is 269 g/mol. The van der Waals surface area contributed by atoms with E-state index < -0.39 is 11.6 Å².